The van der Waals surface area contributed by atoms with Gasteiger partial charge in [-0.1, -0.05) is 40.0 Å². The summed E-state index contributed by atoms with van der Waals surface area (Å²) in [6.45, 7) is 11.3. The van der Waals surface area contributed by atoms with Gasteiger partial charge in [0.15, 0.2) is 0 Å². The van der Waals surface area contributed by atoms with E-state index in [1.54, 1.807) is 11.8 Å². The molecule has 1 heterocycles. The maximum Gasteiger partial charge on any atom is 0.335 e. The summed E-state index contributed by atoms with van der Waals surface area (Å²) in [5.41, 5.74) is 0.840. The van der Waals surface area contributed by atoms with Gasteiger partial charge in [-0.25, -0.2) is 9.78 Å². The van der Waals surface area contributed by atoms with E-state index in [1.165, 1.54) is 25.0 Å². The summed E-state index contributed by atoms with van der Waals surface area (Å²) < 4.78 is 0. The number of nitrogens with zero attached hydrogens (tertiary/aromatic N) is 2. The maximum atomic E-state index is 12.3. The fraction of sp³-hybridized carbons (Fsp3) is 0.611. The largest absolute Gasteiger partial charge is 0.478 e. The van der Waals surface area contributed by atoms with Crippen LogP contribution in [0.15, 0.2) is 12.1 Å². The topological polar surface area (TPSA) is 70.5 Å². The lowest BCUT2D eigenvalue weighted by Crippen LogP contribution is -2.32. The molecule has 0 saturated carbocycles. The number of carboxylic acid groups (broad SMARTS) is 1. The minimum absolute atomic E-state index is 0.0994. The summed E-state index contributed by atoms with van der Waals surface area (Å²) in [5.74, 6) is -1.25. The molecule has 0 aromatic carbocycles. The highest BCUT2D eigenvalue weighted by Crippen LogP contribution is 2.09. The third-order valence-electron chi connectivity index (χ3n) is 3.37. The molecule has 0 fully saturated rings. The van der Waals surface area contributed by atoms with Crippen LogP contribution >= 0.6 is 0 Å². The number of amides is 1. The number of aryl methyl sites for hydroxylation is 1. The summed E-state index contributed by atoms with van der Waals surface area (Å²) in [4.78, 5) is 29.1. The van der Waals surface area contributed by atoms with Gasteiger partial charge in [0, 0.05) is 18.8 Å². The van der Waals surface area contributed by atoms with Gasteiger partial charge in [-0.3, -0.25) is 4.79 Å². The summed E-state index contributed by atoms with van der Waals surface area (Å²) in [5, 5.41) is 9.00. The molecule has 0 aliphatic rings. The smallest absolute Gasteiger partial charge is 0.335 e. The quantitative estimate of drug-likeness (QED) is 0.818. The molecule has 0 unspecified atom stereocenters. The normalized spacial score (nSPS) is 9.78. The average Bonchev–Trinajstić information content (AvgIpc) is 2.54. The molecule has 5 heteroatoms. The fourth-order valence-corrected chi connectivity index (χ4v) is 1.82. The molecule has 0 saturated heterocycles. The number of aromatic nitrogens is 1. The predicted octanol–water partition coefficient (Wildman–Crippen LogP) is 4.16. The van der Waals surface area contributed by atoms with Crippen molar-refractivity contribution in [2.45, 2.75) is 60.3 Å². The first kappa shape index (κ1) is 21.1. The van der Waals surface area contributed by atoms with E-state index >= 15 is 0 Å². The lowest BCUT2D eigenvalue weighted by molar-refractivity contribution is 0.0696. The van der Waals surface area contributed by atoms with Crippen LogP contribution in [0.3, 0.4) is 0 Å². The van der Waals surface area contributed by atoms with Crippen LogP contribution in [0.5, 0.6) is 0 Å². The predicted molar refractivity (Wildman–Crippen MR) is 93.0 cm³/mol. The Morgan fingerprint density at radius 2 is 1.70 bits per heavy atom. The third kappa shape index (κ3) is 7.77. The lowest BCUT2D eigenvalue weighted by atomic mass is 10.1. The van der Waals surface area contributed by atoms with Crippen molar-refractivity contribution in [3.05, 3.63) is 29.1 Å². The van der Waals surface area contributed by atoms with Gasteiger partial charge in [-0.2, -0.15) is 0 Å². The van der Waals surface area contributed by atoms with Crippen LogP contribution in [0, 0.1) is 6.92 Å². The van der Waals surface area contributed by atoms with Gasteiger partial charge in [0.2, 0.25) is 0 Å². The maximum absolute atomic E-state index is 12.3. The van der Waals surface area contributed by atoms with Crippen molar-refractivity contribution in [3.8, 4) is 0 Å². The van der Waals surface area contributed by atoms with Crippen molar-refractivity contribution >= 4 is 11.9 Å². The Bertz CT molecular complexity index is 499. The first-order chi connectivity index (χ1) is 10.9. The van der Waals surface area contributed by atoms with E-state index in [1.807, 2.05) is 6.92 Å². The van der Waals surface area contributed by atoms with Gasteiger partial charge >= 0.3 is 5.97 Å². The number of hydrogen-bond acceptors (Lipinski definition) is 3. The van der Waals surface area contributed by atoms with Crippen molar-refractivity contribution in [3.63, 3.8) is 0 Å². The van der Waals surface area contributed by atoms with E-state index in [2.05, 4.69) is 25.8 Å². The zero-order valence-electron chi connectivity index (χ0n) is 15.1. The lowest BCUT2D eigenvalue weighted by Gasteiger charge is -2.20. The van der Waals surface area contributed by atoms with Crippen LogP contribution in [0.25, 0.3) is 0 Å². The van der Waals surface area contributed by atoms with E-state index in [4.69, 9.17) is 5.11 Å². The summed E-state index contributed by atoms with van der Waals surface area (Å²) >= 11 is 0. The van der Waals surface area contributed by atoms with Crippen molar-refractivity contribution in [1.29, 1.82) is 0 Å². The number of rotatable bonds is 7. The highest BCUT2D eigenvalue weighted by molar-refractivity contribution is 5.96. The number of pyridine rings is 1. The van der Waals surface area contributed by atoms with Gasteiger partial charge in [0.05, 0.1) is 5.56 Å². The molecular weight excluding hydrogens is 292 g/mol. The third-order valence-corrected chi connectivity index (χ3v) is 3.37. The van der Waals surface area contributed by atoms with Crippen molar-refractivity contribution < 1.29 is 14.7 Å². The van der Waals surface area contributed by atoms with Gasteiger partial charge in [-0.05, 0) is 32.4 Å². The van der Waals surface area contributed by atoms with Crippen LogP contribution in [0.2, 0.25) is 0 Å². The number of unbranched alkanes of at least 4 members (excludes halogenated alkanes) is 2. The molecule has 1 N–H and O–H groups in total. The minimum Gasteiger partial charge on any atom is -0.478 e. The molecule has 5 nitrogen and oxygen atoms in total. The van der Waals surface area contributed by atoms with Crippen LogP contribution < -0.4 is 0 Å². The van der Waals surface area contributed by atoms with Crippen molar-refractivity contribution in [2.24, 2.45) is 0 Å². The van der Waals surface area contributed by atoms with Gasteiger partial charge in [0.1, 0.15) is 5.69 Å². The molecule has 0 aliphatic heterocycles. The Hall–Kier alpha value is -1.91. The van der Waals surface area contributed by atoms with Crippen molar-refractivity contribution in [2.75, 3.05) is 13.1 Å². The molecule has 23 heavy (non-hydrogen) atoms. The number of carbonyl (C=O) groups excluding carboxylic acids is 1. The standard InChI is InChI=1S/C14H20N2O3.C4H10/c1-4-6-7-16(5-2)13(17)12-9-11(14(18)19)8-10(3)15-12;1-3-4-2/h8-9H,4-7H2,1-3H3,(H,18,19);3-4H2,1-2H3. The van der Waals surface area contributed by atoms with E-state index in [0.29, 0.717) is 18.8 Å². The SMILES string of the molecule is CCCC.CCCCN(CC)C(=O)c1cc(C(=O)O)cc(C)n1. The summed E-state index contributed by atoms with van der Waals surface area (Å²) in [7, 11) is 0. The Balaban J connectivity index is 0.00000108. The molecule has 1 amide bonds. The van der Waals surface area contributed by atoms with Gasteiger partial charge in [0.25, 0.3) is 5.91 Å². The van der Waals surface area contributed by atoms with Crippen LogP contribution in [-0.4, -0.2) is 40.0 Å². The van der Waals surface area contributed by atoms with E-state index in [0.717, 1.165) is 12.8 Å². The van der Waals surface area contributed by atoms with E-state index in [9.17, 15) is 9.59 Å². The van der Waals surface area contributed by atoms with E-state index in [-0.39, 0.29) is 17.2 Å². The highest BCUT2D eigenvalue weighted by Gasteiger charge is 2.17. The van der Waals surface area contributed by atoms with Crippen LogP contribution in [0.4, 0.5) is 0 Å². The minimum atomic E-state index is -1.05. The molecule has 1 rings (SSSR count). The zero-order valence-corrected chi connectivity index (χ0v) is 15.1. The van der Waals surface area contributed by atoms with Crippen molar-refractivity contribution in [1.82, 2.24) is 9.88 Å². The van der Waals surface area contributed by atoms with Crippen LogP contribution in [0.1, 0.15) is 79.9 Å². The first-order valence-electron chi connectivity index (χ1n) is 8.42. The number of carboxylic acids is 1. The first-order valence-corrected chi connectivity index (χ1v) is 8.42. The second-order valence-electron chi connectivity index (χ2n) is 5.43. The highest BCUT2D eigenvalue weighted by atomic mass is 16.4. The molecular formula is C18H30N2O3. The zero-order chi connectivity index (χ0) is 17.8. The van der Waals surface area contributed by atoms with Gasteiger partial charge < -0.3 is 10.0 Å². The second kappa shape index (κ2) is 11.6. The molecule has 0 atom stereocenters. The molecule has 0 spiro atoms. The number of aromatic carboxylic acids is 1. The molecule has 130 valence electrons. The number of carbonyl (C=O) groups is 2. The summed E-state index contributed by atoms with van der Waals surface area (Å²) in [6.07, 6.45) is 4.57. The Morgan fingerprint density at radius 1 is 1.09 bits per heavy atom. The molecule has 1 aromatic heterocycles. The van der Waals surface area contributed by atoms with Crippen LogP contribution in [-0.2, 0) is 0 Å². The summed E-state index contributed by atoms with van der Waals surface area (Å²) in [6, 6.07) is 2.80. The Kier molecular flexibility index (Phi) is 10.7. The molecule has 0 bridgehead atoms. The Morgan fingerprint density at radius 3 is 2.13 bits per heavy atom. The second-order valence-corrected chi connectivity index (χ2v) is 5.43. The fourth-order valence-electron chi connectivity index (χ4n) is 1.82. The molecule has 1 aromatic rings. The average molecular weight is 322 g/mol. The Labute approximate surface area is 139 Å². The molecule has 0 aliphatic carbocycles. The number of hydrogen-bond donors (Lipinski definition) is 1. The monoisotopic (exact) mass is 322 g/mol. The van der Waals surface area contributed by atoms with Gasteiger partial charge in [-0.15, -0.1) is 0 Å². The molecule has 0 radical (unpaired) electrons. The van der Waals surface area contributed by atoms with E-state index < -0.39 is 5.97 Å².